The van der Waals surface area contributed by atoms with Gasteiger partial charge >= 0.3 is 0 Å². The van der Waals surface area contributed by atoms with E-state index in [1.165, 1.54) is 12.1 Å². The highest BCUT2D eigenvalue weighted by atomic mass is 32.2. The van der Waals surface area contributed by atoms with Crippen LogP contribution in [0.5, 0.6) is 5.75 Å². The summed E-state index contributed by atoms with van der Waals surface area (Å²) in [5.41, 5.74) is 2.82. The third-order valence-electron chi connectivity index (χ3n) is 5.63. The monoisotopic (exact) mass is 518 g/mol. The van der Waals surface area contributed by atoms with Crippen molar-refractivity contribution in [3.63, 3.8) is 0 Å². The maximum absolute atomic E-state index is 14.8. The molecule has 0 unspecified atom stereocenters. The van der Waals surface area contributed by atoms with Crippen molar-refractivity contribution in [1.82, 2.24) is 24.7 Å². The minimum atomic E-state index is -0.688. The first kappa shape index (κ1) is 24.6. The summed E-state index contributed by atoms with van der Waals surface area (Å²) in [4.78, 5) is 13.5. The Morgan fingerprint density at radius 3 is 2.49 bits per heavy atom. The number of aromatic nitrogens is 5. The fourth-order valence-corrected chi connectivity index (χ4v) is 4.46. The lowest BCUT2D eigenvalue weighted by Crippen LogP contribution is -2.07. The minimum Gasteiger partial charge on any atom is -0.494 e. The Kier molecular flexibility index (Phi) is 7.27. The van der Waals surface area contributed by atoms with E-state index in [1.54, 1.807) is 35.8 Å². The molecule has 0 aliphatic rings. The van der Waals surface area contributed by atoms with Crippen molar-refractivity contribution in [3.05, 3.63) is 89.9 Å². The molecule has 0 spiro atoms. The molecule has 0 saturated heterocycles. The van der Waals surface area contributed by atoms with Gasteiger partial charge in [0, 0.05) is 53.0 Å². The summed E-state index contributed by atoms with van der Waals surface area (Å²) < 4.78 is 36.5. The van der Waals surface area contributed by atoms with Gasteiger partial charge in [-0.15, -0.1) is 0 Å². The van der Waals surface area contributed by atoms with Crippen molar-refractivity contribution in [2.75, 3.05) is 18.2 Å². The number of ether oxygens (including phenoxy) is 1. The zero-order valence-electron chi connectivity index (χ0n) is 20.3. The fraction of sp³-hybridized carbons (Fsp3) is 0.185. The molecule has 0 saturated carbocycles. The first-order chi connectivity index (χ1) is 18.1. The van der Waals surface area contributed by atoms with E-state index in [1.807, 2.05) is 48.7 Å². The van der Waals surface area contributed by atoms with Gasteiger partial charge in [-0.25, -0.2) is 18.7 Å². The van der Waals surface area contributed by atoms with E-state index in [2.05, 4.69) is 10.3 Å². The molecule has 5 rings (SSSR count). The van der Waals surface area contributed by atoms with Gasteiger partial charge in [0.05, 0.1) is 24.4 Å². The number of thioether (sulfide) groups is 1. The molecule has 0 bridgehead atoms. The third-order valence-corrected chi connectivity index (χ3v) is 6.21. The van der Waals surface area contributed by atoms with E-state index < -0.39 is 11.6 Å². The van der Waals surface area contributed by atoms with Crippen LogP contribution in [0.2, 0.25) is 0 Å². The summed E-state index contributed by atoms with van der Waals surface area (Å²) in [5.74, 6) is 0.494. The van der Waals surface area contributed by atoms with Crippen LogP contribution < -0.4 is 10.1 Å². The predicted molar refractivity (Wildman–Crippen MR) is 142 cm³/mol. The Bertz CT molecular complexity index is 1520. The average molecular weight is 519 g/mol. The molecule has 0 aliphatic heterocycles. The Balaban J connectivity index is 1.58. The zero-order chi connectivity index (χ0) is 25.8. The SMILES string of the molecule is CCOc1cc(F)c(Cn2nc(-c3nc(CSC)cc(Nc4ccncc4)n3)c3ccccc32)c(F)c1. The Hall–Kier alpha value is -4.05. The number of hydrogen-bond donors (Lipinski definition) is 1. The van der Waals surface area contributed by atoms with Crippen molar-refractivity contribution in [2.24, 2.45) is 0 Å². The fourth-order valence-electron chi connectivity index (χ4n) is 4.02. The molecule has 0 atom stereocenters. The van der Waals surface area contributed by atoms with Gasteiger partial charge in [0.15, 0.2) is 5.82 Å². The van der Waals surface area contributed by atoms with Gasteiger partial charge in [-0.05, 0) is 31.4 Å². The molecule has 0 radical (unpaired) electrons. The molecule has 0 fully saturated rings. The molecule has 3 heterocycles. The molecule has 3 aromatic heterocycles. The highest BCUT2D eigenvalue weighted by molar-refractivity contribution is 7.97. The predicted octanol–water partition coefficient (Wildman–Crippen LogP) is 6.22. The van der Waals surface area contributed by atoms with Crippen LogP contribution in [-0.4, -0.2) is 37.6 Å². The molecule has 0 amide bonds. The van der Waals surface area contributed by atoms with E-state index >= 15 is 0 Å². The van der Waals surface area contributed by atoms with Gasteiger partial charge in [0.2, 0.25) is 0 Å². The Morgan fingerprint density at radius 2 is 1.76 bits per heavy atom. The summed E-state index contributed by atoms with van der Waals surface area (Å²) in [7, 11) is 0. The number of nitrogens with zero attached hydrogens (tertiary/aromatic N) is 5. The average Bonchev–Trinajstić information content (AvgIpc) is 3.26. The lowest BCUT2D eigenvalue weighted by atomic mass is 10.1. The largest absolute Gasteiger partial charge is 0.494 e. The molecule has 0 aliphatic carbocycles. The van der Waals surface area contributed by atoms with Crippen LogP contribution in [0, 0.1) is 11.6 Å². The summed E-state index contributed by atoms with van der Waals surface area (Å²) in [6, 6.07) is 15.5. The van der Waals surface area contributed by atoms with Crippen molar-refractivity contribution in [3.8, 4) is 17.3 Å². The third kappa shape index (κ3) is 5.39. The van der Waals surface area contributed by atoms with Gasteiger partial charge < -0.3 is 10.1 Å². The maximum atomic E-state index is 14.8. The number of halogens is 2. The van der Waals surface area contributed by atoms with Crippen molar-refractivity contribution in [2.45, 2.75) is 19.2 Å². The van der Waals surface area contributed by atoms with Crippen LogP contribution in [0.4, 0.5) is 20.3 Å². The van der Waals surface area contributed by atoms with E-state index in [0.717, 1.165) is 16.8 Å². The second-order valence-electron chi connectivity index (χ2n) is 8.18. The standard InChI is InChI=1S/C27H24F2N6OS/c1-3-36-19-13-22(28)21(23(29)14-19)15-35-24-7-5-4-6-20(24)26(34-35)27-32-18(16-37-2)12-25(33-27)31-17-8-10-30-11-9-17/h4-14H,3,15-16H2,1-2H3,(H,30,31,32,33). The maximum Gasteiger partial charge on any atom is 0.183 e. The molecule has 10 heteroatoms. The Labute approximate surface area is 216 Å². The first-order valence-electron chi connectivity index (χ1n) is 11.7. The van der Waals surface area contributed by atoms with E-state index in [9.17, 15) is 8.78 Å². The second-order valence-corrected chi connectivity index (χ2v) is 9.05. The topological polar surface area (TPSA) is 77.8 Å². The summed E-state index contributed by atoms with van der Waals surface area (Å²) in [5, 5.41) is 8.80. The van der Waals surface area contributed by atoms with Crippen LogP contribution in [0.3, 0.4) is 0 Å². The number of hydrogen-bond acceptors (Lipinski definition) is 7. The molecular formula is C27H24F2N6OS. The molecule has 5 aromatic rings. The number of para-hydroxylation sites is 1. The molecule has 37 heavy (non-hydrogen) atoms. The summed E-state index contributed by atoms with van der Waals surface area (Å²) >= 11 is 1.64. The smallest absolute Gasteiger partial charge is 0.183 e. The molecule has 7 nitrogen and oxygen atoms in total. The number of pyridine rings is 1. The van der Waals surface area contributed by atoms with E-state index in [-0.39, 0.29) is 17.9 Å². The van der Waals surface area contributed by atoms with E-state index in [0.29, 0.717) is 35.2 Å². The van der Waals surface area contributed by atoms with Gasteiger partial charge in [-0.2, -0.15) is 16.9 Å². The lowest BCUT2D eigenvalue weighted by Gasteiger charge is -2.10. The number of rotatable bonds is 9. The van der Waals surface area contributed by atoms with Crippen LogP contribution in [0.25, 0.3) is 22.4 Å². The number of benzene rings is 2. The van der Waals surface area contributed by atoms with Crippen LogP contribution >= 0.6 is 11.8 Å². The normalized spacial score (nSPS) is 11.1. The highest BCUT2D eigenvalue weighted by Gasteiger charge is 2.19. The number of nitrogens with one attached hydrogen (secondary N) is 1. The molecule has 2 aromatic carbocycles. The van der Waals surface area contributed by atoms with Crippen LogP contribution in [0.15, 0.2) is 67.0 Å². The zero-order valence-corrected chi connectivity index (χ0v) is 21.1. The van der Waals surface area contributed by atoms with Crippen molar-refractivity contribution >= 4 is 34.2 Å². The summed E-state index contributed by atoms with van der Waals surface area (Å²) in [6.07, 6.45) is 5.39. The van der Waals surface area contributed by atoms with Gasteiger partial charge in [-0.1, -0.05) is 18.2 Å². The first-order valence-corrected chi connectivity index (χ1v) is 13.1. The van der Waals surface area contributed by atoms with Gasteiger partial charge in [0.1, 0.15) is 28.9 Å². The van der Waals surface area contributed by atoms with Crippen LogP contribution in [0.1, 0.15) is 18.2 Å². The number of anilines is 2. The van der Waals surface area contributed by atoms with Crippen molar-refractivity contribution in [1.29, 1.82) is 0 Å². The van der Waals surface area contributed by atoms with Crippen molar-refractivity contribution < 1.29 is 13.5 Å². The minimum absolute atomic E-state index is 0.0969. The molecule has 188 valence electrons. The summed E-state index contributed by atoms with van der Waals surface area (Å²) in [6.45, 7) is 1.98. The van der Waals surface area contributed by atoms with E-state index in [4.69, 9.17) is 19.8 Å². The Morgan fingerprint density at radius 1 is 1.00 bits per heavy atom. The number of fused-ring (bicyclic) bond motifs is 1. The second kappa shape index (κ2) is 10.9. The highest BCUT2D eigenvalue weighted by Crippen LogP contribution is 2.30. The van der Waals surface area contributed by atoms with Crippen LogP contribution in [-0.2, 0) is 12.3 Å². The van der Waals surface area contributed by atoms with Gasteiger partial charge in [-0.3, -0.25) is 9.67 Å². The van der Waals surface area contributed by atoms with Gasteiger partial charge in [0.25, 0.3) is 0 Å². The molecular weight excluding hydrogens is 494 g/mol. The quantitative estimate of drug-likeness (QED) is 0.248. The molecule has 1 N–H and O–H groups in total. The lowest BCUT2D eigenvalue weighted by molar-refractivity contribution is 0.335.